The lowest BCUT2D eigenvalue weighted by atomic mass is 9.89. The van der Waals surface area contributed by atoms with Crippen LogP contribution in [0.1, 0.15) is 31.7 Å². The van der Waals surface area contributed by atoms with Crippen LogP contribution < -0.4 is 9.80 Å². The number of piperidine rings is 1. The number of carbonyl (C=O) groups excluding carboxylic acids is 3. The zero-order valence-corrected chi connectivity index (χ0v) is 15.5. The van der Waals surface area contributed by atoms with Crippen LogP contribution in [0.5, 0.6) is 0 Å². The summed E-state index contributed by atoms with van der Waals surface area (Å²) in [5.74, 6) is -0.0933. The fraction of sp³-hybridized carbons (Fsp3) is 0.526. The van der Waals surface area contributed by atoms with Crippen LogP contribution >= 0.6 is 0 Å². The van der Waals surface area contributed by atoms with Crippen LogP contribution in [0.4, 0.5) is 21.0 Å². The minimum atomic E-state index is -0.512. The van der Waals surface area contributed by atoms with Crippen molar-refractivity contribution in [2.45, 2.75) is 32.2 Å². The van der Waals surface area contributed by atoms with E-state index in [4.69, 9.17) is 9.47 Å². The van der Waals surface area contributed by atoms with Gasteiger partial charge in [-0.3, -0.25) is 9.69 Å². The fourth-order valence-corrected chi connectivity index (χ4v) is 4.40. The zero-order chi connectivity index (χ0) is 19.1. The monoisotopic (exact) mass is 373 g/mol. The third-order valence-electron chi connectivity index (χ3n) is 5.46. The number of ether oxygens (including phenoxy) is 2. The Morgan fingerprint density at radius 2 is 1.89 bits per heavy atom. The topological polar surface area (TPSA) is 79.4 Å². The number of rotatable bonds is 2. The summed E-state index contributed by atoms with van der Waals surface area (Å²) in [4.78, 5) is 42.3. The number of anilines is 2. The van der Waals surface area contributed by atoms with Gasteiger partial charge >= 0.3 is 12.2 Å². The number of likely N-dealkylation sites (tertiary alicyclic amines) is 1. The number of nitrogens with zero attached hydrogens (tertiary/aromatic N) is 3. The first-order valence-corrected chi connectivity index (χ1v) is 9.37. The quantitative estimate of drug-likeness (QED) is 0.795. The van der Waals surface area contributed by atoms with E-state index in [1.54, 1.807) is 18.7 Å². The van der Waals surface area contributed by atoms with E-state index in [0.29, 0.717) is 31.8 Å². The highest BCUT2D eigenvalue weighted by Crippen LogP contribution is 2.51. The maximum absolute atomic E-state index is 12.9. The smallest absolute Gasteiger partial charge is 0.414 e. The molecule has 2 atom stereocenters. The van der Waals surface area contributed by atoms with Gasteiger partial charge in [0.15, 0.2) is 0 Å². The second-order valence-corrected chi connectivity index (χ2v) is 6.87. The lowest BCUT2D eigenvalue weighted by Gasteiger charge is -2.39. The predicted molar refractivity (Wildman–Crippen MR) is 98.0 cm³/mol. The van der Waals surface area contributed by atoms with E-state index in [1.807, 2.05) is 23.1 Å². The Hall–Kier alpha value is -2.77. The van der Waals surface area contributed by atoms with Crippen LogP contribution in [-0.2, 0) is 14.3 Å². The first-order valence-electron chi connectivity index (χ1n) is 9.37. The summed E-state index contributed by atoms with van der Waals surface area (Å²) in [6.45, 7) is 5.14. The van der Waals surface area contributed by atoms with Gasteiger partial charge in [-0.25, -0.2) is 9.59 Å². The Morgan fingerprint density at radius 3 is 2.63 bits per heavy atom. The van der Waals surface area contributed by atoms with Crippen molar-refractivity contribution in [3.8, 4) is 0 Å². The van der Waals surface area contributed by atoms with Gasteiger partial charge in [0, 0.05) is 25.0 Å². The molecule has 0 saturated carbocycles. The average molecular weight is 373 g/mol. The van der Waals surface area contributed by atoms with Crippen LogP contribution in [0.25, 0.3) is 0 Å². The molecule has 0 bridgehead atoms. The molecule has 144 valence electrons. The zero-order valence-electron chi connectivity index (χ0n) is 15.5. The number of fused-ring (bicyclic) bond motifs is 3. The molecule has 0 aliphatic carbocycles. The number of carbonyl (C=O) groups is 3. The van der Waals surface area contributed by atoms with Gasteiger partial charge in [0.1, 0.15) is 6.54 Å². The lowest BCUT2D eigenvalue weighted by Crippen LogP contribution is -2.54. The summed E-state index contributed by atoms with van der Waals surface area (Å²) in [7, 11) is 0. The van der Waals surface area contributed by atoms with Crippen molar-refractivity contribution in [1.82, 2.24) is 4.90 Å². The third kappa shape index (κ3) is 2.70. The highest BCUT2D eigenvalue weighted by molar-refractivity contribution is 6.12. The molecule has 0 spiro atoms. The van der Waals surface area contributed by atoms with Crippen LogP contribution in [0, 0.1) is 0 Å². The minimum Gasteiger partial charge on any atom is -0.450 e. The minimum absolute atomic E-state index is 0.00340. The lowest BCUT2D eigenvalue weighted by molar-refractivity contribution is -0.118. The van der Waals surface area contributed by atoms with Crippen LogP contribution in [0.2, 0.25) is 0 Å². The summed E-state index contributed by atoms with van der Waals surface area (Å²) < 4.78 is 10.3. The van der Waals surface area contributed by atoms with Gasteiger partial charge in [0.05, 0.1) is 24.6 Å². The van der Waals surface area contributed by atoms with Gasteiger partial charge in [0.2, 0.25) is 5.91 Å². The predicted octanol–water partition coefficient (Wildman–Crippen LogP) is 2.32. The number of hydrogen-bond donors (Lipinski definition) is 0. The maximum atomic E-state index is 12.9. The molecule has 1 aromatic rings. The number of hydrogen-bond acceptors (Lipinski definition) is 5. The van der Waals surface area contributed by atoms with Gasteiger partial charge in [-0.05, 0) is 31.9 Å². The van der Waals surface area contributed by atoms with Gasteiger partial charge in [-0.2, -0.15) is 0 Å². The molecule has 3 aliphatic heterocycles. The van der Waals surface area contributed by atoms with Gasteiger partial charge in [-0.15, -0.1) is 0 Å². The normalized spacial score (nSPS) is 23.0. The molecule has 8 nitrogen and oxygen atoms in total. The Balaban J connectivity index is 1.70. The molecule has 8 heteroatoms. The van der Waals surface area contributed by atoms with E-state index in [2.05, 4.69) is 0 Å². The van der Waals surface area contributed by atoms with E-state index in [9.17, 15) is 14.4 Å². The Kier molecular flexibility index (Phi) is 4.41. The average Bonchev–Trinajstić information content (AvgIpc) is 3.00. The molecule has 2 unspecified atom stereocenters. The SMILES string of the molecule is CCOC(=O)N1CCC2C(C1)c1cccc3c1N2C(=O)CN3C(=O)OCC. The standard InChI is InChI=1S/C19H23N3O5/c1-3-26-18(24)20-9-8-14-13(10-20)12-6-5-7-15-17(12)22(14)16(23)11-21(15)19(25)27-4-2/h5-7,13-14H,3-4,8-11H2,1-2H3. The van der Waals surface area contributed by atoms with Crippen LogP contribution in [0.3, 0.4) is 0 Å². The fourth-order valence-electron chi connectivity index (χ4n) is 4.40. The summed E-state index contributed by atoms with van der Waals surface area (Å²) in [5, 5.41) is 0. The molecular formula is C19H23N3O5. The molecule has 27 heavy (non-hydrogen) atoms. The van der Waals surface area contributed by atoms with Gasteiger partial charge in [0.25, 0.3) is 0 Å². The largest absolute Gasteiger partial charge is 0.450 e. The molecule has 0 N–H and O–H groups in total. The van der Waals surface area contributed by atoms with Crippen molar-refractivity contribution < 1.29 is 23.9 Å². The van der Waals surface area contributed by atoms with E-state index in [-0.39, 0.29) is 37.1 Å². The summed E-state index contributed by atoms with van der Waals surface area (Å²) >= 11 is 0. The molecule has 4 rings (SSSR count). The van der Waals surface area contributed by atoms with Crippen molar-refractivity contribution in [2.75, 3.05) is 42.6 Å². The van der Waals surface area contributed by atoms with Crippen molar-refractivity contribution in [3.63, 3.8) is 0 Å². The highest BCUT2D eigenvalue weighted by atomic mass is 16.6. The number of amides is 3. The van der Waals surface area contributed by atoms with Crippen LogP contribution in [0.15, 0.2) is 18.2 Å². The molecule has 1 aromatic carbocycles. The summed E-state index contributed by atoms with van der Waals surface area (Å²) in [6, 6.07) is 5.71. The van der Waals surface area contributed by atoms with Gasteiger partial charge in [-0.1, -0.05) is 12.1 Å². The van der Waals surface area contributed by atoms with Crippen LogP contribution in [-0.4, -0.2) is 61.9 Å². The van der Waals surface area contributed by atoms with E-state index in [1.165, 1.54) is 4.90 Å². The van der Waals surface area contributed by atoms with Crippen molar-refractivity contribution in [1.29, 1.82) is 0 Å². The Bertz CT molecular complexity index is 796. The molecule has 3 aliphatic rings. The molecule has 3 amide bonds. The summed E-state index contributed by atoms with van der Waals surface area (Å²) in [6.07, 6.45) is -0.147. The molecule has 3 heterocycles. The van der Waals surface area contributed by atoms with E-state index >= 15 is 0 Å². The molecule has 1 fully saturated rings. The van der Waals surface area contributed by atoms with Crippen molar-refractivity contribution in [2.24, 2.45) is 0 Å². The number of benzene rings is 1. The second-order valence-electron chi connectivity index (χ2n) is 6.87. The molecule has 0 radical (unpaired) electrons. The first-order chi connectivity index (χ1) is 13.1. The Morgan fingerprint density at radius 1 is 1.15 bits per heavy atom. The second kappa shape index (κ2) is 6.75. The summed E-state index contributed by atoms with van der Waals surface area (Å²) in [5.41, 5.74) is 2.47. The molecular weight excluding hydrogens is 350 g/mol. The first kappa shape index (κ1) is 17.6. The van der Waals surface area contributed by atoms with E-state index in [0.717, 1.165) is 11.3 Å². The van der Waals surface area contributed by atoms with Crippen molar-refractivity contribution in [3.05, 3.63) is 23.8 Å². The molecule has 0 aromatic heterocycles. The van der Waals surface area contributed by atoms with Gasteiger partial charge < -0.3 is 19.3 Å². The Labute approximate surface area is 157 Å². The van der Waals surface area contributed by atoms with Crippen molar-refractivity contribution >= 4 is 29.5 Å². The third-order valence-corrected chi connectivity index (χ3v) is 5.46. The maximum Gasteiger partial charge on any atom is 0.414 e. The molecule has 1 saturated heterocycles. The number of para-hydroxylation sites is 1. The highest BCUT2D eigenvalue weighted by Gasteiger charge is 2.49. The van der Waals surface area contributed by atoms with E-state index < -0.39 is 6.09 Å².